The average molecular weight is 660 g/mol. The van der Waals surface area contributed by atoms with Gasteiger partial charge in [0.15, 0.2) is 23.0 Å². The van der Waals surface area contributed by atoms with E-state index in [1.807, 2.05) is 27.0 Å². The first kappa shape index (κ1) is 31.1. The molecule has 1 fully saturated rings. The SMILES string of the molecule is COc1c(C)cc2c(c1O)[C@@H]1C3Cc4c(OC(C)=O)c(C)c5c(c4[C@H](CNC(=O)c4cccnc4Cl)N3[C@@H](C#N)C(C2)N1C)OCO5. The summed E-state index contributed by atoms with van der Waals surface area (Å²) in [4.78, 5) is 34.3. The minimum Gasteiger partial charge on any atom is -0.504 e. The van der Waals surface area contributed by atoms with Crippen molar-refractivity contribution in [1.82, 2.24) is 20.1 Å². The molecule has 7 rings (SSSR count). The molecule has 1 aromatic heterocycles. The molecule has 3 aromatic rings. The summed E-state index contributed by atoms with van der Waals surface area (Å²) in [5.74, 6) is 0.851. The second-order valence-electron chi connectivity index (χ2n) is 12.4. The van der Waals surface area contributed by atoms with Gasteiger partial charge in [-0.15, -0.1) is 0 Å². The third-order valence-corrected chi connectivity index (χ3v) is 10.3. The van der Waals surface area contributed by atoms with Crippen molar-refractivity contribution in [1.29, 1.82) is 5.26 Å². The standard InChI is InChI=1S/C34H34ClN5O7/c1-15-9-18-10-21-23(12-36)40-22(27(39(21)4)25(18)28(42)29(15)44-5)11-20-26(24(40)13-38-34(43)19-7-6-8-37-33(19)35)32-31(45-14-46-32)16(2)30(20)47-17(3)41/h6-9,21-24,27,42H,10-11,13-14H2,1-5H3,(H,38,43)/t21?,22?,23-,24-,27-/m0/s1. The second kappa shape index (κ2) is 11.6. The summed E-state index contributed by atoms with van der Waals surface area (Å²) in [5, 5.41) is 25.6. The first-order valence-corrected chi connectivity index (χ1v) is 15.7. The predicted molar refractivity (Wildman–Crippen MR) is 169 cm³/mol. The lowest BCUT2D eigenvalue weighted by Gasteiger charge is -2.60. The number of likely N-dealkylation sites (N-methyl/N-ethyl adjacent to an activating group) is 1. The van der Waals surface area contributed by atoms with Crippen molar-refractivity contribution >= 4 is 23.5 Å². The van der Waals surface area contributed by atoms with Crippen molar-refractivity contribution in [3.05, 3.63) is 68.5 Å². The number of carbonyl (C=O) groups is 2. The van der Waals surface area contributed by atoms with Crippen molar-refractivity contribution < 1.29 is 33.6 Å². The van der Waals surface area contributed by atoms with E-state index >= 15 is 0 Å². The lowest BCUT2D eigenvalue weighted by atomic mass is 9.71. The third kappa shape index (κ3) is 4.67. The highest BCUT2D eigenvalue weighted by Gasteiger charge is 2.57. The minimum absolute atomic E-state index is 0.0317. The highest BCUT2D eigenvalue weighted by atomic mass is 35.5. The molecule has 2 unspecified atom stereocenters. The Bertz CT molecular complexity index is 1880. The molecular weight excluding hydrogens is 626 g/mol. The Labute approximate surface area is 276 Å². The zero-order valence-electron chi connectivity index (χ0n) is 26.6. The fraction of sp³-hybridized carbons (Fsp3) is 0.412. The molecule has 12 nitrogen and oxygen atoms in total. The van der Waals surface area contributed by atoms with Gasteiger partial charge in [0.1, 0.15) is 16.9 Å². The summed E-state index contributed by atoms with van der Waals surface area (Å²) < 4.78 is 23.5. The number of nitrogens with zero attached hydrogens (tertiary/aromatic N) is 4. The summed E-state index contributed by atoms with van der Waals surface area (Å²) in [5.41, 5.74) is 4.73. The van der Waals surface area contributed by atoms with Gasteiger partial charge in [0.05, 0.1) is 30.8 Å². The van der Waals surface area contributed by atoms with E-state index in [0.29, 0.717) is 47.0 Å². The molecule has 1 amide bonds. The number of benzene rings is 2. The molecule has 4 aliphatic heterocycles. The number of phenolic OH excluding ortho intramolecular Hbond substituents is 1. The van der Waals surface area contributed by atoms with Gasteiger partial charge in [0, 0.05) is 54.0 Å². The van der Waals surface area contributed by atoms with Gasteiger partial charge >= 0.3 is 5.97 Å². The number of nitrogens with one attached hydrogen (secondary N) is 1. The summed E-state index contributed by atoms with van der Waals surface area (Å²) in [6, 6.07) is 5.58. The van der Waals surface area contributed by atoms with E-state index in [1.165, 1.54) is 20.2 Å². The molecule has 2 N–H and O–H groups in total. The van der Waals surface area contributed by atoms with Gasteiger partial charge in [-0.25, -0.2) is 4.98 Å². The molecular formula is C34H34ClN5O7. The van der Waals surface area contributed by atoms with Crippen LogP contribution in [-0.2, 0) is 17.6 Å². The van der Waals surface area contributed by atoms with Gasteiger partial charge in [0.2, 0.25) is 6.79 Å². The van der Waals surface area contributed by atoms with Crippen LogP contribution in [-0.4, -0.2) is 77.4 Å². The van der Waals surface area contributed by atoms with Gasteiger partial charge < -0.3 is 29.4 Å². The number of aryl methyl sites for hydroxylation is 1. The number of esters is 1. The van der Waals surface area contributed by atoms with Crippen molar-refractivity contribution in [2.45, 2.75) is 63.8 Å². The van der Waals surface area contributed by atoms with Crippen molar-refractivity contribution in [3.8, 4) is 34.8 Å². The van der Waals surface area contributed by atoms with E-state index in [4.69, 9.17) is 30.5 Å². The first-order chi connectivity index (χ1) is 22.6. The highest BCUT2D eigenvalue weighted by Crippen LogP contribution is 2.58. The number of amides is 1. The molecule has 2 bridgehead atoms. The molecule has 244 valence electrons. The quantitative estimate of drug-likeness (QED) is 0.233. The van der Waals surface area contributed by atoms with E-state index in [0.717, 1.165) is 22.3 Å². The van der Waals surface area contributed by atoms with Crippen LogP contribution in [0.2, 0.25) is 5.15 Å². The van der Waals surface area contributed by atoms with Gasteiger partial charge in [-0.1, -0.05) is 17.7 Å². The van der Waals surface area contributed by atoms with E-state index in [2.05, 4.69) is 26.2 Å². The Morgan fingerprint density at radius 2 is 1.96 bits per heavy atom. The van der Waals surface area contributed by atoms with Gasteiger partial charge in [-0.2, -0.15) is 5.26 Å². The lowest BCUT2D eigenvalue weighted by molar-refractivity contribution is -0.132. The fourth-order valence-corrected chi connectivity index (χ4v) is 8.36. The van der Waals surface area contributed by atoms with E-state index in [1.54, 1.807) is 12.1 Å². The summed E-state index contributed by atoms with van der Waals surface area (Å²) in [7, 11) is 3.50. The van der Waals surface area contributed by atoms with Crippen molar-refractivity contribution in [2.75, 3.05) is 27.5 Å². The number of hydrogen-bond acceptors (Lipinski definition) is 11. The molecule has 2 aromatic carbocycles. The Morgan fingerprint density at radius 1 is 1.19 bits per heavy atom. The van der Waals surface area contributed by atoms with Crippen LogP contribution in [0, 0.1) is 25.2 Å². The monoisotopic (exact) mass is 659 g/mol. The molecule has 13 heteroatoms. The largest absolute Gasteiger partial charge is 0.504 e. The molecule has 5 heterocycles. The second-order valence-corrected chi connectivity index (χ2v) is 12.8. The van der Waals surface area contributed by atoms with Gasteiger partial charge in [-0.05, 0) is 57.0 Å². The normalized spacial score (nSPS) is 24.0. The zero-order chi connectivity index (χ0) is 33.3. The number of ether oxygens (including phenoxy) is 4. The third-order valence-electron chi connectivity index (χ3n) is 9.97. The van der Waals surface area contributed by atoms with Crippen LogP contribution in [0.25, 0.3) is 0 Å². The Morgan fingerprint density at radius 3 is 2.66 bits per heavy atom. The number of methoxy groups -OCH3 is 1. The van der Waals surface area contributed by atoms with Crippen LogP contribution in [0.4, 0.5) is 0 Å². The van der Waals surface area contributed by atoms with E-state index < -0.39 is 30.0 Å². The molecule has 0 spiro atoms. The van der Waals surface area contributed by atoms with E-state index in [-0.39, 0.29) is 41.9 Å². The van der Waals surface area contributed by atoms with Crippen LogP contribution in [0.15, 0.2) is 24.4 Å². The number of halogens is 1. The number of hydrogen-bond donors (Lipinski definition) is 2. The summed E-state index contributed by atoms with van der Waals surface area (Å²) in [6.45, 7) is 5.08. The number of nitriles is 1. The molecule has 47 heavy (non-hydrogen) atoms. The Kier molecular flexibility index (Phi) is 7.66. The number of pyridine rings is 1. The first-order valence-electron chi connectivity index (χ1n) is 15.4. The summed E-state index contributed by atoms with van der Waals surface area (Å²) >= 11 is 6.27. The number of aromatic nitrogens is 1. The molecule has 4 aliphatic rings. The Hall–Kier alpha value is -4.57. The fourth-order valence-electron chi connectivity index (χ4n) is 8.15. The van der Waals surface area contributed by atoms with Crippen LogP contribution in [0.5, 0.6) is 28.7 Å². The lowest BCUT2D eigenvalue weighted by Crippen LogP contribution is -2.68. The predicted octanol–water partition coefficient (Wildman–Crippen LogP) is 3.92. The van der Waals surface area contributed by atoms with Crippen LogP contribution < -0.4 is 24.3 Å². The maximum Gasteiger partial charge on any atom is 0.308 e. The number of aromatic hydroxyl groups is 1. The minimum atomic E-state index is -0.618. The maximum atomic E-state index is 13.5. The number of phenols is 1. The number of rotatable bonds is 5. The maximum absolute atomic E-state index is 13.5. The van der Waals surface area contributed by atoms with Crippen LogP contribution in [0.3, 0.4) is 0 Å². The van der Waals surface area contributed by atoms with Crippen molar-refractivity contribution in [2.24, 2.45) is 0 Å². The zero-order valence-corrected chi connectivity index (χ0v) is 27.3. The van der Waals surface area contributed by atoms with Crippen LogP contribution >= 0.6 is 11.6 Å². The molecule has 0 aliphatic carbocycles. The molecule has 1 saturated heterocycles. The number of carbonyl (C=O) groups excluding carboxylic acids is 2. The van der Waals surface area contributed by atoms with Crippen molar-refractivity contribution in [3.63, 3.8) is 0 Å². The van der Waals surface area contributed by atoms with Crippen LogP contribution in [0.1, 0.15) is 62.7 Å². The average Bonchev–Trinajstić information content (AvgIpc) is 3.53. The van der Waals surface area contributed by atoms with Gasteiger partial charge in [-0.3, -0.25) is 19.4 Å². The number of fused-ring (bicyclic) bond motifs is 9. The van der Waals surface area contributed by atoms with E-state index in [9.17, 15) is 20.0 Å². The molecule has 0 radical (unpaired) electrons. The summed E-state index contributed by atoms with van der Waals surface area (Å²) in [6.07, 6.45) is 2.37. The Balaban J connectivity index is 1.44. The molecule has 5 atom stereocenters. The smallest absolute Gasteiger partial charge is 0.308 e. The highest BCUT2D eigenvalue weighted by molar-refractivity contribution is 6.32. The molecule has 0 saturated carbocycles. The van der Waals surface area contributed by atoms with Gasteiger partial charge in [0.25, 0.3) is 5.91 Å². The number of piperazine rings is 1. The topological polar surface area (TPSA) is 146 Å².